The highest BCUT2D eigenvalue weighted by Gasteiger charge is 2.40. The molecule has 0 atom stereocenters. The largest absolute Gasteiger partial charge is 0.495 e. The molecule has 0 heterocycles. The fourth-order valence-corrected chi connectivity index (χ4v) is 1.35. The van der Waals surface area contributed by atoms with Crippen LogP contribution in [0.3, 0.4) is 0 Å². The molecule has 0 bridgehead atoms. The number of benzene rings is 1. The molecule has 0 aliphatic heterocycles. The number of hydrogen-bond donors (Lipinski definition) is 0. The number of carbonyl (C=O) groups is 1. The van der Waals surface area contributed by atoms with Gasteiger partial charge in [-0.15, -0.1) is 0 Å². The molecule has 94 valence electrons. The average Bonchev–Trinajstić information content (AvgIpc) is 2.26. The molecule has 3 nitrogen and oxygen atoms in total. The van der Waals surface area contributed by atoms with Crippen molar-refractivity contribution >= 4 is 6.29 Å². The van der Waals surface area contributed by atoms with Gasteiger partial charge in [0, 0.05) is 0 Å². The molecule has 7 heteroatoms. The van der Waals surface area contributed by atoms with Gasteiger partial charge in [0.05, 0.1) is 19.8 Å². The lowest BCUT2D eigenvalue weighted by molar-refractivity contribution is -0.141. The third kappa shape index (κ3) is 2.32. The summed E-state index contributed by atoms with van der Waals surface area (Å²) < 4.78 is 60.3. The number of hydrogen-bond acceptors (Lipinski definition) is 3. The van der Waals surface area contributed by atoms with Crippen LogP contribution < -0.4 is 9.47 Å². The van der Waals surface area contributed by atoms with E-state index in [4.69, 9.17) is 0 Å². The molecule has 0 aliphatic rings. The molecule has 0 aliphatic carbocycles. The van der Waals surface area contributed by atoms with Gasteiger partial charge in [-0.05, 0) is 6.07 Å². The van der Waals surface area contributed by atoms with Gasteiger partial charge in [-0.2, -0.15) is 13.2 Å². The summed E-state index contributed by atoms with van der Waals surface area (Å²) in [6, 6.07) is 0.844. The van der Waals surface area contributed by atoms with Gasteiger partial charge in [-0.1, -0.05) is 0 Å². The van der Waals surface area contributed by atoms with Crippen molar-refractivity contribution in [1.82, 2.24) is 0 Å². The van der Waals surface area contributed by atoms with Crippen LogP contribution in [-0.4, -0.2) is 20.5 Å². The Morgan fingerprint density at radius 1 is 1.24 bits per heavy atom. The Kier molecular flexibility index (Phi) is 3.59. The lowest BCUT2D eigenvalue weighted by atomic mass is 10.1. The van der Waals surface area contributed by atoms with E-state index in [1.165, 1.54) is 0 Å². The minimum atomic E-state index is -4.98. The summed E-state index contributed by atoms with van der Waals surface area (Å²) in [6.45, 7) is 0. The fourth-order valence-electron chi connectivity index (χ4n) is 1.35. The maximum Gasteiger partial charge on any atom is 0.422 e. The Bertz CT molecular complexity index is 440. The number of carbonyl (C=O) groups excluding carboxylic acids is 1. The predicted octanol–water partition coefficient (Wildman–Crippen LogP) is 2.67. The van der Waals surface area contributed by atoms with E-state index in [0.29, 0.717) is 0 Å². The van der Waals surface area contributed by atoms with Crippen LogP contribution in [0.1, 0.15) is 15.9 Å². The van der Waals surface area contributed by atoms with Gasteiger partial charge in [0.2, 0.25) is 0 Å². The first-order chi connectivity index (χ1) is 7.86. The summed E-state index contributed by atoms with van der Waals surface area (Å²) in [5, 5.41) is 0. The standard InChI is InChI=1S/C10H8F4O3/c1-16-6-3-5(4-15)9(17-2)7(8(6)11)10(12,13)14/h3-4H,1-2H3. The highest BCUT2D eigenvalue weighted by Crippen LogP contribution is 2.42. The van der Waals surface area contributed by atoms with Crippen molar-refractivity contribution in [1.29, 1.82) is 0 Å². The van der Waals surface area contributed by atoms with Crippen molar-refractivity contribution in [3.05, 3.63) is 23.0 Å². The second-order valence-electron chi connectivity index (χ2n) is 3.01. The minimum absolute atomic E-state index is 0.135. The summed E-state index contributed by atoms with van der Waals surface area (Å²) in [6.07, 6.45) is -4.85. The summed E-state index contributed by atoms with van der Waals surface area (Å²) in [4.78, 5) is 10.6. The zero-order valence-corrected chi connectivity index (χ0v) is 8.89. The third-order valence-electron chi connectivity index (χ3n) is 2.05. The van der Waals surface area contributed by atoms with Crippen LogP contribution in [0.15, 0.2) is 6.07 Å². The molecule has 1 rings (SSSR count). The van der Waals surface area contributed by atoms with Crippen molar-refractivity contribution in [2.75, 3.05) is 14.2 Å². The second kappa shape index (κ2) is 4.60. The molecule has 1 aromatic rings. The first-order valence-corrected chi connectivity index (χ1v) is 4.33. The van der Waals surface area contributed by atoms with E-state index in [9.17, 15) is 22.4 Å². The highest BCUT2D eigenvalue weighted by atomic mass is 19.4. The molecule has 0 saturated heterocycles. The molecule has 0 aromatic heterocycles. The van der Waals surface area contributed by atoms with Crippen molar-refractivity contribution < 1.29 is 31.8 Å². The summed E-state index contributed by atoms with van der Waals surface area (Å²) in [7, 11) is 1.92. The fraction of sp³-hybridized carbons (Fsp3) is 0.300. The van der Waals surface area contributed by atoms with Crippen LogP contribution in [0, 0.1) is 5.82 Å². The Morgan fingerprint density at radius 2 is 1.82 bits per heavy atom. The van der Waals surface area contributed by atoms with Crippen LogP contribution in [0.2, 0.25) is 0 Å². The highest BCUT2D eigenvalue weighted by molar-refractivity contribution is 5.81. The van der Waals surface area contributed by atoms with E-state index < -0.39 is 34.6 Å². The lowest BCUT2D eigenvalue weighted by Gasteiger charge is -2.16. The van der Waals surface area contributed by atoms with Gasteiger partial charge in [-0.25, -0.2) is 4.39 Å². The number of methoxy groups -OCH3 is 2. The van der Waals surface area contributed by atoms with E-state index in [0.717, 1.165) is 20.3 Å². The van der Waals surface area contributed by atoms with Crippen LogP contribution in [0.25, 0.3) is 0 Å². The van der Waals surface area contributed by atoms with E-state index in [-0.39, 0.29) is 6.29 Å². The number of alkyl halides is 3. The summed E-state index contributed by atoms with van der Waals surface area (Å²) in [5.74, 6) is -3.13. The monoisotopic (exact) mass is 252 g/mol. The zero-order valence-electron chi connectivity index (χ0n) is 8.89. The Balaban J connectivity index is 3.68. The Hall–Kier alpha value is -1.79. The van der Waals surface area contributed by atoms with Gasteiger partial charge in [0.25, 0.3) is 0 Å². The molecule has 0 fully saturated rings. The van der Waals surface area contributed by atoms with E-state index in [1.54, 1.807) is 0 Å². The second-order valence-corrected chi connectivity index (χ2v) is 3.01. The quantitative estimate of drug-likeness (QED) is 0.612. The average molecular weight is 252 g/mol. The Labute approximate surface area is 93.9 Å². The Morgan fingerprint density at radius 3 is 2.18 bits per heavy atom. The molecule has 0 saturated carbocycles. The van der Waals surface area contributed by atoms with Gasteiger partial charge >= 0.3 is 6.18 Å². The van der Waals surface area contributed by atoms with Gasteiger partial charge in [0.15, 0.2) is 17.9 Å². The molecule has 0 radical (unpaired) electrons. The van der Waals surface area contributed by atoms with Gasteiger partial charge in [-0.3, -0.25) is 4.79 Å². The predicted molar refractivity (Wildman–Crippen MR) is 49.9 cm³/mol. The molecule has 0 spiro atoms. The van der Waals surface area contributed by atoms with Crippen LogP contribution in [0.5, 0.6) is 11.5 Å². The van der Waals surface area contributed by atoms with Gasteiger partial charge < -0.3 is 9.47 Å². The SMILES string of the molecule is COc1cc(C=O)c(OC)c(C(F)(F)F)c1F. The minimum Gasteiger partial charge on any atom is -0.495 e. The zero-order chi connectivity index (χ0) is 13.2. The number of ether oxygens (including phenoxy) is 2. The van der Waals surface area contributed by atoms with Crippen LogP contribution >= 0.6 is 0 Å². The third-order valence-corrected chi connectivity index (χ3v) is 2.05. The number of aldehydes is 1. The van der Waals surface area contributed by atoms with E-state index in [1.807, 2.05) is 0 Å². The van der Waals surface area contributed by atoms with Crippen molar-refractivity contribution in [2.45, 2.75) is 6.18 Å². The normalized spacial score (nSPS) is 11.2. The van der Waals surface area contributed by atoms with Crippen molar-refractivity contribution in [2.24, 2.45) is 0 Å². The molecule has 0 unspecified atom stereocenters. The first kappa shape index (κ1) is 13.3. The smallest absolute Gasteiger partial charge is 0.422 e. The van der Waals surface area contributed by atoms with E-state index in [2.05, 4.69) is 9.47 Å². The van der Waals surface area contributed by atoms with Crippen molar-refractivity contribution in [3.8, 4) is 11.5 Å². The number of halogens is 4. The number of rotatable bonds is 3. The van der Waals surface area contributed by atoms with Crippen LogP contribution in [-0.2, 0) is 6.18 Å². The molecule has 1 aromatic carbocycles. The first-order valence-electron chi connectivity index (χ1n) is 4.33. The van der Waals surface area contributed by atoms with E-state index >= 15 is 0 Å². The molecule has 0 N–H and O–H groups in total. The van der Waals surface area contributed by atoms with Crippen molar-refractivity contribution in [3.63, 3.8) is 0 Å². The lowest BCUT2D eigenvalue weighted by Crippen LogP contribution is -2.13. The molecular weight excluding hydrogens is 244 g/mol. The molecule has 17 heavy (non-hydrogen) atoms. The molecular formula is C10H8F4O3. The maximum absolute atomic E-state index is 13.5. The van der Waals surface area contributed by atoms with Crippen LogP contribution in [0.4, 0.5) is 17.6 Å². The maximum atomic E-state index is 13.5. The summed E-state index contributed by atoms with van der Waals surface area (Å²) in [5.41, 5.74) is -2.08. The summed E-state index contributed by atoms with van der Waals surface area (Å²) >= 11 is 0. The molecule has 0 amide bonds. The topological polar surface area (TPSA) is 35.5 Å². The van der Waals surface area contributed by atoms with Gasteiger partial charge in [0.1, 0.15) is 11.3 Å².